The molecule has 8 heteroatoms. The van der Waals surface area contributed by atoms with Crippen molar-refractivity contribution in [1.29, 1.82) is 0 Å². The van der Waals surface area contributed by atoms with Crippen LogP contribution < -0.4 is 0 Å². The van der Waals surface area contributed by atoms with Gasteiger partial charge in [0, 0.05) is 0 Å². The van der Waals surface area contributed by atoms with Crippen LogP contribution in [0, 0.1) is 0 Å². The molecule has 0 bridgehead atoms. The van der Waals surface area contributed by atoms with Gasteiger partial charge in [-0.05, 0) is 0 Å². The van der Waals surface area contributed by atoms with Gasteiger partial charge in [0.1, 0.15) is 0 Å². The molecular weight excluding hydrogens is 256 g/mol. The van der Waals surface area contributed by atoms with Crippen LogP contribution in [0.5, 0.6) is 0 Å². The standard InChI is InChI=1S/C8H14O6S2/c1-3-5-13-15(9,10)7-8-16(11,12)14-6-4-2/h3-4H,1-2,5-8H2. The van der Waals surface area contributed by atoms with Gasteiger partial charge in [0.05, 0.1) is 24.7 Å². The van der Waals surface area contributed by atoms with Crippen molar-refractivity contribution in [1.82, 2.24) is 0 Å². The van der Waals surface area contributed by atoms with E-state index in [1.54, 1.807) is 0 Å². The lowest BCUT2D eigenvalue weighted by Crippen LogP contribution is -2.20. The second kappa shape index (κ2) is 6.79. The summed E-state index contributed by atoms with van der Waals surface area (Å²) in [5.41, 5.74) is 0. The van der Waals surface area contributed by atoms with Crippen molar-refractivity contribution in [2.24, 2.45) is 0 Å². The van der Waals surface area contributed by atoms with Crippen LogP contribution in [-0.4, -0.2) is 41.6 Å². The van der Waals surface area contributed by atoms with E-state index in [1.807, 2.05) is 0 Å². The maximum absolute atomic E-state index is 11.1. The highest BCUT2D eigenvalue weighted by molar-refractivity contribution is 7.90. The third kappa shape index (κ3) is 7.57. The summed E-state index contributed by atoms with van der Waals surface area (Å²) in [6, 6.07) is 0. The molecule has 0 saturated carbocycles. The first-order chi connectivity index (χ1) is 7.33. The lowest BCUT2D eigenvalue weighted by atomic mass is 10.7. The van der Waals surface area contributed by atoms with Gasteiger partial charge < -0.3 is 0 Å². The van der Waals surface area contributed by atoms with Gasteiger partial charge in [-0.1, -0.05) is 12.2 Å². The van der Waals surface area contributed by atoms with Gasteiger partial charge in [0.15, 0.2) is 0 Å². The van der Waals surface area contributed by atoms with Crippen LogP contribution in [0.3, 0.4) is 0 Å². The molecule has 16 heavy (non-hydrogen) atoms. The van der Waals surface area contributed by atoms with Crippen molar-refractivity contribution in [3.8, 4) is 0 Å². The highest BCUT2D eigenvalue weighted by Crippen LogP contribution is 1.99. The molecule has 0 fully saturated rings. The summed E-state index contributed by atoms with van der Waals surface area (Å²) in [5, 5.41) is 0. The Morgan fingerprint density at radius 3 is 1.38 bits per heavy atom. The van der Waals surface area contributed by atoms with Gasteiger partial charge >= 0.3 is 0 Å². The smallest absolute Gasteiger partial charge is 0.266 e. The fourth-order valence-corrected chi connectivity index (χ4v) is 3.10. The van der Waals surface area contributed by atoms with E-state index in [2.05, 4.69) is 21.5 Å². The minimum Gasteiger partial charge on any atom is -0.266 e. The SMILES string of the molecule is C=CCOS(=O)(=O)CCS(=O)(=O)OCC=C. The molecule has 0 N–H and O–H groups in total. The molecule has 0 amide bonds. The third-order valence-corrected chi connectivity index (χ3v) is 3.97. The zero-order valence-corrected chi connectivity index (χ0v) is 10.3. The highest BCUT2D eigenvalue weighted by Gasteiger charge is 2.18. The van der Waals surface area contributed by atoms with Crippen molar-refractivity contribution in [3.05, 3.63) is 25.3 Å². The second-order valence-electron chi connectivity index (χ2n) is 2.67. The Kier molecular flexibility index (Phi) is 6.49. The zero-order chi connectivity index (χ0) is 12.7. The van der Waals surface area contributed by atoms with E-state index in [4.69, 9.17) is 0 Å². The Morgan fingerprint density at radius 1 is 0.812 bits per heavy atom. The predicted octanol–water partition coefficient (Wildman–Crippen LogP) is 0.0512. The highest BCUT2D eigenvalue weighted by atomic mass is 32.2. The summed E-state index contributed by atoms with van der Waals surface area (Å²) in [6.45, 7) is 6.17. The minimum atomic E-state index is -3.86. The van der Waals surface area contributed by atoms with E-state index in [0.717, 1.165) is 0 Å². The van der Waals surface area contributed by atoms with Crippen LogP contribution in [0.1, 0.15) is 0 Å². The number of rotatable bonds is 9. The van der Waals surface area contributed by atoms with Gasteiger partial charge in [-0.3, -0.25) is 8.37 Å². The minimum absolute atomic E-state index is 0.185. The monoisotopic (exact) mass is 270 g/mol. The molecule has 0 heterocycles. The summed E-state index contributed by atoms with van der Waals surface area (Å²) in [4.78, 5) is 0. The predicted molar refractivity (Wildman–Crippen MR) is 59.9 cm³/mol. The molecule has 0 aliphatic rings. The molecule has 0 spiro atoms. The van der Waals surface area contributed by atoms with E-state index < -0.39 is 31.7 Å². The van der Waals surface area contributed by atoms with E-state index in [9.17, 15) is 16.8 Å². The molecule has 0 aromatic carbocycles. The normalized spacial score (nSPS) is 12.2. The fourth-order valence-electron chi connectivity index (χ4n) is 0.626. The topological polar surface area (TPSA) is 86.7 Å². The molecule has 0 radical (unpaired) electrons. The molecule has 0 unspecified atom stereocenters. The van der Waals surface area contributed by atoms with Gasteiger partial charge in [-0.25, -0.2) is 0 Å². The van der Waals surface area contributed by atoms with Gasteiger partial charge in [0.25, 0.3) is 20.2 Å². The molecular formula is C8H14O6S2. The molecule has 6 nitrogen and oxygen atoms in total. The second-order valence-corrected chi connectivity index (χ2v) is 6.19. The Hall–Kier alpha value is -0.700. The van der Waals surface area contributed by atoms with E-state index in [-0.39, 0.29) is 13.2 Å². The van der Waals surface area contributed by atoms with Crippen LogP contribution >= 0.6 is 0 Å². The van der Waals surface area contributed by atoms with E-state index >= 15 is 0 Å². The van der Waals surface area contributed by atoms with Crippen molar-refractivity contribution in [2.75, 3.05) is 24.7 Å². The van der Waals surface area contributed by atoms with Crippen molar-refractivity contribution in [2.45, 2.75) is 0 Å². The molecule has 0 saturated heterocycles. The Labute approximate surface area is 95.8 Å². The Bertz CT molecular complexity index is 377. The molecule has 0 rings (SSSR count). The largest absolute Gasteiger partial charge is 0.268 e. The summed E-state index contributed by atoms with van der Waals surface area (Å²) >= 11 is 0. The summed E-state index contributed by atoms with van der Waals surface area (Å²) in [6.07, 6.45) is 2.50. The van der Waals surface area contributed by atoms with Gasteiger partial charge in [-0.15, -0.1) is 13.2 Å². The van der Waals surface area contributed by atoms with Crippen molar-refractivity contribution >= 4 is 20.2 Å². The van der Waals surface area contributed by atoms with Crippen LogP contribution in [-0.2, 0) is 28.6 Å². The first kappa shape index (κ1) is 15.3. The quantitative estimate of drug-likeness (QED) is 0.434. The van der Waals surface area contributed by atoms with Crippen LogP contribution in [0.15, 0.2) is 25.3 Å². The maximum Gasteiger partial charge on any atom is 0.268 e. The van der Waals surface area contributed by atoms with Crippen LogP contribution in [0.4, 0.5) is 0 Å². The molecule has 0 aliphatic carbocycles. The molecule has 94 valence electrons. The third-order valence-electron chi connectivity index (χ3n) is 1.31. The Balaban J connectivity index is 4.22. The molecule has 0 aromatic heterocycles. The Morgan fingerprint density at radius 2 is 1.12 bits per heavy atom. The van der Waals surface area contributed by atoms with Gasteiger partial charge in [0.2, 0.25) is 0 Å². The van der Waals surface area contributed by atoms with E-state index in [0.29, 0.717) is 0 Å². The van der Waals surface area contributed by atoms with Crippen molar-refractivity contribution in [3.63, 3.8) is 0 Å². The average Bonchev–Trinajstić information content (AvgIpc) is 2.22. The first-order valence-corrected chi connectivity index (χ1v) is 7.44. The lowest BCUT2D eigenvalue weighted by molar-refractivity contribution is 0.350. The molecule has 0 aromatic rings. The molecule has 0 atom stereocenters. The van der Waals surface area contributed by atoms with Crippen LogP contribution in [0.25, 0.3) is 0 Å². The first-order valence-electron chi connectivity index (χ1n) is 4.29. The van der Waals surface area contributed by atoms with E-state index in [1.165, 1.54) is 12.2 Å². The number of hydrogen-bond donors (Lipinski definition) is 0. The number of hydrogen-bond acceptors (Lipinski definition) is 6. The maximum atomic E-state index is 11.1. The zero-order valence-electron chi connectivity index (χ0n) is 8.66. The summed E-state index contributed by atoms with van der Waals surface area (Å²) in [7, 11) is -7.72. The average molecular weight is 270 g/mol. The fraction of sp³-hybridized carbons (Fsp3) is 0.500. The van der Waals surface area contributed by atoms with Gasteiger partial charge in [-0.2, -0.15) is 16.8 Å². The lowest BCUT2D eigenvalue weighted by Gasteiger charge is -2.04. The summed E-state index contributed by atoms with van der Waals surface area (Å²) in [5.74, 6) is -1.30. The summed E-state index contributed by atoms with van der Waals surface area (Å²) < 4.78 is 53.2. The molecule has 0 aliphatic heterocycles. The van der Waals surface area contributed by atoms with Crippen molar-refractivity contribution < 1.29 is 25.2 Å². The van der Waals surface area contributed by atoms with Crippen LogP contribution in [0.2, 0.25) is 0 Å².